The van der Waals surface area contributed by atoms with E-state index in [0.29, 0.717) is 17.5 Å². The Morgan fingerprint density at radius 3 is 2.71 bits per heavy atom. The van der Waals surface area contributed by atoms with Crippen molar-refractivity contribution in [3.63, 3.8) is 0 Å². The second kappa shape index (κ2) is 6.69. The fraction of sp³-hybridized carbons (Fsp3) is 0.462. The lowest BCUT2D eigenvalue weighted by molar-refractivity contribution is 0.569. The fourth-order valence-corrected chi connectivity index (χ4v) is 4.21. The summed E-state index contributed by atoms with van der Waals surface area (Å²) in [5.74, 6) is 0. The molecule has 21 heavy (non-hydrogen) atoms. The Labute approximate surface area is 129 Å². The van der Waals surface area contributed by atoms with Crippen molar-refractivity contribution in [2.75, 3.05) is 0 Å². The van der Waals surface area contributed by atoms with E-state index in [4.69, 9.17) is 0 Å². The summed E-state index contributed by atoms with van der Waals surface area (Å²) >= 11 is 1.45. The highest BCUT2D eigenvalue weighted by Gasteiger charge is 2.19. The van der Waals surface area contributed by atoms with Gasteiger partial charge in [-0.05, 0) is 17.5 Å². The molecule has 2 heterocycles. The molecule has 0 spiro atoms. The largest absolute Gasteiger partial charge is 0.310 e. The Morgan fingerprint density at radius 1 is 1.33 bits per heavy atom. The van der Waals surface area contributed by atoms with Crippen LogP contribution >= 0.6 is 11.3 Å². The third kappa shape index (κ3) is 4.13. The number of hydrogen-bond acceptors (Lipinski definition) is 5. The highest BCUT2D eigenvalue weighted by molar-refractivity contribution is 7.89. The van der Waals surface area contributed by atoms with Gasteiger partial charge in [0.25, 0.3) is 0 Å². The van der Waals surface area contributed by atoms with Gasteiger partial charge in [-0.3, -0.25) is 4.68 Å². The topological polar surface area (TPSA) is 76.0 Å². The normalized spacial score (nSPS) is 12.2. The van der Waals surface area contributed by atoms with Gasteiger partial charge in [0, 0.05) is 30.7 Å². The molecule has 0 aliphatic carbocycles. The van der Waals surface area contributed by atoms with Gasteiger partial charge >= 0.3 is 0 Å². The molecular weight excluding hydrogens is 308 g/mol. The molecule has 8 heteroatoms. The van der Waals surface area contributed by atoms with Crippen molar-refractivity contribution >= 4 is 21.4 Å². The molecule has 2 N–H and O–H groups in total. The Balaban J connectivity index is 2.09. The molecule has 2 aromatic rings. The lowest BCUT2D eigenvalue weighted by Crippen LogP contribution is -2.27. The van der Waals surface area contributed by atoms with Gasteiger partial charge in [-0.15, -0.1) is 11.3 Å². The molecule has 116 valence electrons. The monoisotopic (exact) mass is 328 g/mol. The average Bonchev–Trinajstić information content (AvgIpc) is 3.03. The van der Waals surface area contributed by atoms with Crippen LogP contribution in [0, 0.1) is 0 Å². The Kier molecular flexibility index (Phi) is 5.15. The van der Waals surface area contributed by atoms with E-state index in [1.165, 1.54) is 11.3 Å². The number of hydrogen-bond donors (Lipinski definition) is 2. The van der Waals surface area contributed by atoms with Gasteiger partial charge in [-0.2, -0.15) is 5.10 Å². The zero-order chi connectivity index (χ0) is 15.5. The van der Waals surface area contributed by atoms with Gasteiger partial charge in [0.15, 0.2) is 0 Å². The van der Waals surface area contributed by atoms with E-state index in [1.807, 2.05) is 13.8 Å². The molecule has 0 unspecified atom stereocenters. The molecule has 0 aliphatic heterocycles. The van der Waals surface area contributed by atoms with Crippen molar-refractivity contribution in [1.29, 1.82) is 0 Å². The summed E-state index contributed by atoms with van der Waals surface area (Å²) in [6, 6.07) is 3.75. The summed E-state index contributed by atoms with van der Waals surface area (Å²) in [5.41, 5.74) is 0.815. The highest BCUT2D eigenvalue weighted by atomic mass is 32.2. The van der Waals surface area contributed by atoms with E-state index < -0.39 is 10.0 Å². The van der Waals surface area contributed by atoms with E-state index in [0.717, 1.165) is 10.6 Å². The maximum absolute atomic E-state index is 12.4. The van der Waals surface area contributed by atoms with Gasteiger partial charge in [0.1, 0.15) is 0 Å². The van der Waals surface area contributed by atoms with Crippen LogP contribution < -0.4 is 10.0 Å². The summed E-state index contributed by atoms with van der Waals surface area (Å²) in [5, 5.41) is 9.07. The average molecular weight is 328 g/mol. The second-order valence-corrected chi connectivity index (χ2v) is 7.75. The van der Waals surface area contributed by atoms with E-state index in [1.54, 1.807) is 35.4 Å². The molecule has 0 aliphatic rings. The van der Waals surface area contributed by atoms with Crippen LogP contribution in [-0.4, -0.2) is 24.2 Å². The van der Waals surface area contributed by atoms with Gasteiger partial charge in [0.05, 0.1) is 17.1 Å². The van der Waals surface area contributed by atoms with Crippen LogP contribution in [0.1, 0.15) is 24.4 Å². The maximum atomic E-state index is 12.4. The van der Waals surface area contributed by atoms with Crippen LogP contribution in [0.5, 0.6) is 0 Å². The summed E-state index contributed by atoms with van der Waals surface area (Å²) in [6.07, 6.45) is 1.65. The number of aromatic nitrogens is 2. The summed E-state index contributed by atoms with van der Waals surface area (Å²) in [7, 11) is -1.73. The Hall–Kier alpha value is -1.22. The molecule has 2 aromatic heterocycles. The third-order valence-corrected chi connectivity index (χ3v) is 5.57. The van der Waals surface area contributed by atoms with Gasteiger partial charge in [-0.25, -0.2) is 13.1 Å². The van der Waals surface area contributed by atoms with Crippen molar-refractivity contribution in [3.05, 3.63) is 34.3 Å². The van der Waals surface area contributed by atoms with Crippen molar-refractivity contribution < 1.29 is 8.42 Å². The smallest absolute Gasteiger partial charge is 0.242 e. The molecule has 0 amide bonds. The van der Waals surface area contributed by atoms with Crippen molar-refractivity contribution in [2.24, 2.45) is 7.05 Å². The lowest BCUT2D eigenvalue weighted by atomic mass is 10.4. The van der Waals surface area contributed by atoms with Crippen LogP contribution in [0.25, 0.3) is 0 Å². The maximum Gasteiger partial charge on any atom is 0.242 e. The molecule has 6 nitrogen and oxygen atoms in total. The van der Waals surface area contributed by atoms with Gasteiger partial charge in [0.2, 0.25) is 10.0 Å². The molecule has 0 saturated carbocycles. The van der Waals surface area contributed by atoms with E-state index in [2.05, 4.69) is 15.1 Å². The Morgan fingerprint density at radius 2 is 2.10 bits per heavy atom. The molecule has 2 rings (SSSR count). The van der Waals surface area contributed by atoms with Crippen molar-refractivity contribution in [1.82, 2.24) is 19.8 Å². The molecule has 0 bridgehead atoms. The van der Waals surface area contributed by atoms with Crippen LogP contribution in [0.2, 0.25) is 0 Å². The summed E-state index contributed by atoms with van der Waals surface area (Å²) in [4.78, 5) is 1.17. The minimum absolute atomic E-state index is 0.228. The molecule has 0 radical (unpaired) electrons. The lowest BCUT2D eigenvalue weighted by Gasteiger charge is -2.10. The predicted octanol–water partition coefficient (Wildman–Crippen LogP) is 1.46. The minimum Gasteiger partial charge on any atom is -0.310 e. The number of sulfonamides is 1. The fourth-order valence-electron chi connectivity index (χ4n) is 1.82. The molecule has 0 atom stereocenters. The van der Waals surface area contributed by atoms with Crippen LogP contribution in [0.4, 0.5) is 0 Å². The first-order chi connectivity index (χ1) is 9.90. The first-order valence-electron chi connectivity index (χ1n) is 6.66. The molecular formula is C13H20N4O2S2. The van der Waals surface area contributed by atoms with E-state index >= 15 is 0 Å². The number of rotatable bonds is 7. The standard InChI is InChI=1S/C13H20N4O2S2/c1-10(2)14-9-12-13(5-7-20-12)21(18,19)16-8-11-4-6-15-17(11)3/h4-7,10,14,16H,8-9H2,1-3H3. The molecule has 0 fully saturated rings. The van der Waals surface area contributed by atoms with Crippen LogP contribution in [0.3, 0.4) is 0 Å². The zero-order valence-corrected chi connectivity index (χ0v) is 14.0. The van der Waals surface area contributed by atoms with Crippen molar-refractivity contribution in [2.45, 2.75) is 37.9 Å². The van der Waals surface area contributed by atoms with E-state index in [9.17, 15) is 8.42 Å². The Bertz CT molecular complexity index is 689. The quantitative estimate of drug-likeness (QED) is 0.807. The molecule has 0 saturated heterocycles. The highest BCUT2D eigenvalue weighted by Crippen LogP contribution is 2.22. The predicted molar refractivity (Wildman–Crippen MR) is 83.5 cm³/mol. The first-order valence-corrected chi connectivity index (χ1v) is 9.02. The minimum atomic E-state index is -3.51. The van der Waals surface area contributed by atoms with Crippen LogP contribution in [0.15, 0.2) is 28.6 Å². The first kappa shape index (κ1) is 16.2. The summed E-state index contributed by atoms with van der Waals surface area (Å²) in [6.45, 7) is 4.84. The summed E-state index contributed by atoms with van der Waals surface area (Å²) < 4.78 is 29.1. The molecule has 0 aromatic carbocycles. The van der Waals surface area contributed by atoms with Gasteiger partial charge < -0.3 is 5.32 Å². The van der Waals surface area contributed by atoms with Gasteiger partial charge in [-0.1, -0.05) is 13.8 Å². The SMILES string of the molecule is CC(C)NCc1sccc1S(=O)(=O)NCc1ccnn1C. The second-order valence-electron chi connectivity index (χ2n) is 5.01. The number of aryl methyl sites for hydroxylation is 1. The van der Waals surface area contributed by atoms with Crippen LogP contribution in [-0.2, 0) is 30.2 Å². The zero-order valence-electron chi connectivity index (χ0n) is 12.3. The third-order valence-electron chi connectivity index (χ3n) is 3.03. The number of nitrogens with zero attached hydrogens (tertiary/aromatic N) is 2. The number of thiophene rings is 1. The van der Waals surface area contributed by atoms with E-state index in [-0.39, 0.29) is 6.54 Å². The van der Waals surface area contributed by atoms with Crippen molar-refractivity contribution in [3.8, 4) is 0 Å². The number of nitrogens with one attached hydrogen (secondary N) is 2.